The number of aromatic nitrogens is 1. The van der Waals surface area contributed by atoms with Crippen LogP contribution >= 0.6 is 0 Å². The molecule has 90 valence electrons. The van der Waals surface area contributed by atoms with Crippen molar-refractivity contribution in [1.29, 1.82) is 0 Å². The van der Waals surface area contributed by atoms with E-state index < -0.39 is 5.97 Å². The van der Waals surface area contributed by atoms with Crippen molar-refractivity contribution in [2.45, 2.75) is 19.3 Å². The molecule has 0 atom stereocenters. The Labute approximate surface area is 101 Å². The molecular formula is C13H16N2O2. The fourth-order valence-electron chi connectivity index (χ4n) is 2.07. The number of piperidine rings is 1. The SMILES string of the molecule is O=C(O)/C=C/c1cccnc1N1CCCCC1. The van der Waals surface area contributed by atoms with Gasteiger partial charge >= 0.3 is 5.97 Å². The maximum Gasteiger partial charge on any atom is 0.328 e. The lowest BCUT2D eigenvalue weighted by atomic mass is 10.1. The molecule has 1 aliphatic heterocycles. The number of carboxylic acids is 1. The summed E-state index contributed by atoms with van der Waals surface area (Å²) in [5.74, 6) is -0.0388. The van der Waals surface area contributed by atoms with Crippen LogP contribution in [0.25, 0.3) is 6.08 Å². The summed E-state index contributed by atoms with van der Waals surface area (Å²) in [5, 5.41) is 8.66. The largest absolute Gasteiger partial charge is 0.478 e. The second-order valence-corrected chi connectivity index (χ2v) is 4.14. The second-order valence-electron chi connectivity index (χ2n) is 4.14. The third kappa shape index (κ3) is 3.06. The number of rotatable bonds is 3. The molecule has 0 bridgehead atoms. The van der Waals surface area contributed by atoms with E-state index in [1.807, 2.05) is 12.1 Å². The molecular weight excluding hydrogens is 216 g/mol. The molecule has 1 aromatic heterocycles. The summed E-state index contributed by atoms with van der Waals surface area (Å²) in [6.45, 7) is 2.01. The van der Waals surface area contributed by atoms with Crippen molar-refractivity contribution in [3.8, 4) is 0 Å². The topological polar surface area (TPSA) is 53.4 Å². The molecule has 0 saturated carbocycles. The fourth-order valence-corrected chi connectivity index (χ4v) is 2.07. The molecule has 1 aliphatic rings. The van der Waals surface area contributed by atoms with Crippen LogP contribution in [-0.2, 0) is 4.79 Å². The van der Waals surface area contributed by atoms with Crippen molar-refractivity contribution >= 4 is 17.9 Å². The number of nitrogens with zero attached hydrogens (tertiary/aromatic N) is 2. The standard InChI is InChI=1S/C13H16N2O2/c16-12(17)7-6-11-5-4-8-14-13(11)15-9-2-1-3-10-15/h4-8H,1-3,9-10H2,(H,16,17)/b7-6+. The van der Waals surface area contributed by atoms with Gasteiger partial charge in [-0.1, -0.05) is 0 Å². The van der Waals surface area contributed by atoms with Crippen LogP contribution in [0.15, 0.2) is 24.4 Å². The van der Waals surface area contributed by atoms with E-state index in [4.69, 9.17) is 5.11 Å². The number of hydrogen-bond acceptors (Lipinski definition) is 3. The Morgan fingerprint density at radius 2 is 2.12 bits per heavy atom. The van der Waals surface area contributed by atoms with Crippen LogP contribution in [0.2, 0.25) is 0 Å². The Hall–Kier alpha value is -1.84. The molecule has 4 nitrogen and oxygen atoms in total. The first-order valence-corrected chi connectivity index (χ1v) is 5.88. The Kier molecular flexibility index (Phi) is 3.75. The van der Waals surface area contributed by atoms with Gasteiger partial charge in [-0.3, -0.25) is 0 Å². The quantitative estimate of drug-likeness (QED) is 0.811. The molecule has 17 heavy (non-hydrogen) atoms. The highest BCUT2D eigenvalue weighted by molar-refractivity contribution is 5.86. The predicted octanol–water partition coefficient (Wildman–Crippen LogP) is 2.17. The average Bonchev–Trinajstić information content (AvgIpc) is 2.38. The van der Waals surface area contributed by atoms with Crippen molar-refractivity contribution in [3.05, 3.63) is 30.0 Å². The van der Waals surface area contributed by atoms with E-state index in [-0.39, 0.29) is 0 Å². The van der Waals surface area contributed by atoms with Crippen LogP contribution in [0.4, 0.5) is 5.82 Å². The molecule has 0 aromatic carbocycles. The van der Waals surface area contributed by atoms with E-state index in [1.165, 1.54) is 19.3 Å². The maximum atomic E-state index is 10.5. The Morgan fingerprint density at radius 3 is 2.82 bits per heavy atom. The zero-order valence-electron chi connectivity index (χ0n) is 9.67. The molecule has 0 spiro atoms. The smallest absolute Gasteiger partial charge is 0.328 e. The first kappa shape index (κ1) is 11.6. The van der Waals surface area contributed by atoms with Crippen LogP contribution in [0.1, 0.15) is 24.8 Å². The van der Waals surface area contributed by atoms with Gasteiger partial charge in [-0.25, -0.2) is 9.78 Å². The van der Waals surface area contributed by atoms with Crippen molar-refractivity contribution in [2.24, 2.45) is 0 Å². The lowest BCUT2D eigenvalue weighted by Crippen LogP contribution is -2.30. The lowest BCUT2D eigenvalue weighted by molar-refractivity contribution is -0.131. The van der Waals surface area contributed by atoms with Crippen molar-refractivity contribution in [2.75, 3.05) is 18.0 Å². The van der Waals surface area contributed by atoms with Crippen LogP contribution < -0.4 is 4.90 Å². The van der Waals surface area contributed by atoms with E-state index in [1.54, 1.807) is 12.3 Å². The molecule has 4 heteroatoms. The lowest BCUT2D eigenvalue weighted by Gasteiger charge is -2.28. The summed E-state index contributed by atoms with van der Waals surface area (Å²) in [5.41, 5.74) is 0.872. The van der Waals surface area contributed by atoms with Gasteiger partial charge in [-0.15, -0.1) is 0 Å². The van der Waals surface area contributed by atoms with Crippen molar-refractivity contribution < 1.29 is 9.90 Å². The Balaban J connectivity index is 2.23. The van der Waals surface area contributed by atoms with E-state index in [9.17, 15) is 4.79 Å². The summed E-state index contributed by atoms with van der Waals surface area (Å²) in [6.07, 6.45) is 8.15. The number of carbonyl (C=O) groups is 1. The van der Waals surface area contributed by atoms with E-state index >= 15 is 0 Å². The minimum absolute atomic E-state index is 0.872. The summed E-state index contributed by atoms with van der Waals surface area (Å²) in [4.78, 5) is 17.1. The molecule has 0 aliphatic carbocycles. The van der Waals surface area contributed by atoms with E-state index in [0.717, 1.165) is 30.5 Å². The molecule has 1 aromatic rings. The number of carboxylic acid groups (broad SMARTS) is 1. The van der Waals surface area contributed by atoms with Crippen LogP contribution in [0, 0.1) is 0 Å². The number of pyridine rings is 1. The molecule has 2 rings (SSSR count). The monoisotopic (exact) mass is 232 g/mol. The highest BCUT2D eigenvalue weighted by Crippen LogP contribution is 2.22. The molecule has 1 fully saturated rings. The summed E-state index contributed by atoms with van der Waals surface area (Å²) in [6, 6.07) is 3.73. The average molecular weight is 232 g/mol. The third-order valence-electron chi connectivity index (χ3n) is 2.88. The second kappa shape index (κ2) is 5.48. The number of hydrogen-bond donors (Lipinski definition) is 1. The fraction of sp³-hybridized carbons (Fsp3) is 0.385. The summed E-state index contributed by atoms with van der Waals surface area (Å²) in [7, 11) is 0. The van der Waals surface area contributed by atoms with Gasteiger partial charge in [-0.2, -0.15) is 0 Å². The van der Waals surface area contributed by atoms with Gasteiger partial charge in [-0.05, 0) is 37.5 Å². The van der Waals surface area contributed by atoms with E-state index in [0.29, 0.717) is 0 Å². The normalized spacial score (nSPS) is 16.4. The minimum Gasteiger partial charge on any atom is -0.478 e. The van der Waals surface area contributed by atoms with Crippen molar-refractivity contribution in [3.63, 3.8) is 0 Å². The van der Waals surface area contributed by atoms with Crippen LogP contribution in [0.5, 0.6) is 0 Å². The zero-order valence-corrected chi connectivity index (χ0v) is 9.67. The van der Waals surface area contributed by atoms with Crippen LogP contribution in [0.3, 0.4) is 0 Å². The van der Waals surface area contributed by atoms with Gasteiger partial charge in [0, 0.05) is 30.9 Å². The molecule has 1 N–H and O–H groups in total. The van der Waals surface area contributed by atoms with Gasteiger partial charge in [0.25, 0.3) is 0 Å². The highest BCUT2D eigenvalue weighted by Gasteiger charge is 2.14. The molecule has 0 amide bonds. The zero-order chi connectivity index (χ0) is 12.1. The molecule has 0 unspecified atom stereocenters. The first-order chi connectivity index (χ1) is 8.27. The van der Waals surface area contributed by atoms with Crippen LogP contribution in [-0.4, -0.2) is 29.1 Å². The molecule has 2 heterocycles. The molecule has 1 saturated heterocycles. The maximum absolute atomic E-state index is 10.5. The third-order valence-corrected chi connectivity index (χ3v) is 2.88. The highest BCUT2D eigenvalue weighted by atomic mass is 16.4. The van der Waals surface area contributed by atoms with Crippen molar-refractivity contribution in [1.82, 2.24) is 4.98 Å². The Bertz CT molecular complexity index is 423. The predicted molar refractivity (Wildman–Crippen MR) is 67.0 cm³/mol. The van der Waals surface area contributed by atoms with Gasteiger partial charge in [0.05, 0.1) is 0 Å². The van der Waals surface area contributed by atoms with Gasteiger partial charge in [0.15, 0.2) is 0 Å². The molecule has 0 radical (unpaired) electrons. The number of anilines is 1. The minimum atomic E-state index is -0.932. The summed E-state index contributed by atoms with van der Waals surface area (Å²) >= 11 is 0. The van der Waals surface area contributed by atoms with E-state index in [2.05, 4.69) is 9.88 Å². The van der Waals surface area contributed by atoms with Gasteiger partial charge in [0.1, 0.15) is 5.82 Å². The number of aliphatic carboxylic acids is 1. The summed E-state index contributed by atoms with van der Waals surface area (Å²) < 4.78 is 0. The Morgan fingerprint density at radius 1 is 1.35 bits per heavy atom. The van der Waals surface area contributed by atoms with Gasteiger partial charge in [0.2, 0.25) is 0 Å². The first-order valence-electron chi connectivity index (χ1n) is 5.88. The van der Waals surface area contributed by atoms with Gasteiger partial charge < -0.3 is 10.0 Å².